The van der Waals surface area contributed by atoms with Crippen molar-refractivity contribution in [3.8, 4) is 11.1 Å². The molecule has 0 saturated carbocycles. The number of rotatable bonds is 16. The van der Waals surface area contributed by atoms with Gasteiger partial charge in [-0.3, -0.25) is 9.59 Å². The molecule has 3 aromatic carbocycles. The SMILES string of the molecule is CNC(=O)Nc1ccccc1-c1ccc(CNC(=O)[C@@H](COCc2c(F)cccc2F)NC(=O)CC(C)(C)NC[C@H](O)CO)cc1. The Bertz CT molecular complexity index is 1450. The molecule has 3 rings (SSSR count). The average molecular weight is 642 g/mol. The van der Waals surface area contributed by atoms with E-state index in [-0.39, 0.29) is 37.7 Å². The van der Waals surface area contributed by atoms with Crippen LogP contribution in [0.2, 0.25) is 0 Å². The number of aliphatic hydroxyl groups excluding tert-OH is 2. The number of anilines is 1. The number of halogens is 2. The molecule has 0 unspecified atom stereocenters. The number of urea groups is 1. The fraction of sp³-hybridized carbons (Fsp3) is 0.364. The molecule has 4 amide bonds. The van der Waals surface area contributed by atoms with Gasteiger partial charge >= 0.3 is 6.03 Å². The molecule has 0 radical (unpaired) electrons. The molecule has 3 aromatic rings. The monoisotopic (exact) mass is 641 g/mol. The molecule has 0 aliphatic rings. The summed E-state index contributed by atoms with van der Waals surface area (Å²) in [5.41, 5.74) is 1.92. The highest BCUT2D eigenvalue weighted by molar-refractivity contribution is 5.94. The number of carbonyl (C=O) groups is 3. The van der Waals surface area contributed by atoms with Gasteiger partial charge in [0.05, 0.1) is 31.6 Å². The van der Waals surface area contributed by atoms with Gasteiger partial charge < -0.3 is 41.5 Å². The Hall–Kier alpha value is -4.43. The van der Waals surface area contributed by atoms with Gasteiger partial charge in [0.25, 0.3) is 0 Å². The van der Waals surface area contributed by atoms with Crippen LogP contribution in [-0.2, 0) is 27.5 Å². The number of para-hydroxylation sites is 1. The fourth-order valence-corrected chi connectivity index (χ4v) is 4.44. The third-order valence-corrected chi connectivity index (χ3v) is 7.01. The largest absolute Gasteiger partial charge is 0.394 e. The predicted molar refractivity (Wildman–Crippen MR) is 170 cm³/mol. The zero-order valence-corrected chi connectivity index (χ0v) is 26.0. The molecule has 11 nitrogen and oxygen atoms in total. The molecule has 7 N–H and O–H groups in total. The van der Waals surface area contributed by atoms with E-state index in [1.165, 1.54) is 13.1 Å². The molecule has 0 heterocycles. The molecule has 0 fully saturated rings. The van der Waals surface area contributed by atoms with Crippen molar-refractivity contribution in [1.82, 2.24) is 21.3 Å². The Labute approximate surface area is 266 Å². The third kappa shape index (κ3) is 11.2. The van der Waals surface area contributed by atoms with E-state index in [1.807, 2.05) is 42.5 Å². The van der Waals surface area contributed by atoms with E-state index in [0.29, 0.717) is 5.69 Å². The molecule has 13 heteroatoms. The highest BCUT2D eigenvalue weighted by atomic mass is 19.1. The van der Waals surface area contributed by atoms with E-state index in [0.717, 1.165) is 28.8 Å². The van der Waals surface area contributed by atoms with Crippen molar-refractivity contribution in [2.24, 2.45) is 0 Å². The van der Waals surface area contributed by atoms with Gasteiger partial charge in [-0.1, -0.05) is 48.5 Å². The van der Waals surface area contributed by atoms with Crippen molar-refractivity contribution in [2.45, 2.75) is 51.1 Å². The first-order valence-corrected chi connectivity index (χ1v) is 14.7. The second-order valence-corrected chi connectivity index (χ2v) is 11.3. The van der Waals surface area contributed by atoms with Crippen LogP contribution in [0.25, 0.3) is 11.1 Å². The Balaban J connectivity index is 1.67. The minimum Gasteiger partial charge on any atom is -0.394 e. The Morgan fingerprint density at radius 3 is 2.28 bits per heavy atom. The second-order valence-electron chi connectivity index (χ2n) is 11.3. The van der Waals surface area contributed by atoms with Gasteiger partial charge in [0, 0.05) is 43.2 Å². The third-order valence-electron chi connectivity index (χ3n) is 7.01. The lowest BCUT2D eigenvalue weighted by Gasteiger charge is -2.28. The van der Waals surface area contributed by atoms with Crippen LogP contribution in [0, 0.1) is 11.6 Å². The maximum atomic E-state index is 14.1. The number of hydrogen-bond donors (Lipinski definition) is 7. The number of hydrogen-bond acceptors (Lipinski definition) is 7. The van der Waals surface area contributed by atoms with E-state index in [1.54, 1.807) is 19.9 Å². The number of carbonyl (C=O) groups excluding carboxylic acids is 3. The summed E-state index contributed by atoms with van der Waals surface area (Å²) in [6.07, 6.45) is -1.09. The lowest BCUT2D eigenvalue weighted by Crippen LogP contribution is -2.52. The highest BCUT2D eigenvalue weighted by Gasteiger charge is 2.27. The van der Waals surface area contributed by atoms with Crippen molar-refractivity contribution in [3.63, 3.8) is 0 Å². The maximum absolute atomic E-state index is 14.1. The van der Waals surface area contributed by atoms with Crippen LogP contribution in [0.1, 0.15) is 31.4 Å². The smallest absolute Gasteiger partial charge is 0.318 e. The summed E-state index contributed by atoms with van der Waals surface area (Å²) in [6.45, 7) is 2.34. The average Bonchev–Trinajstić information content (AvgIpc) is 3.03. The molecular formula is C33H41F2N5O6. The van der Waals surface area contributed by atoms with Gasteiger partial charge in [0.1, 0.15) is 17.7 Å². The summed E-state index contributed by atoms with van der Waals surface area (Å²) < 4.78 is 33.7. The lowest BCUT2D eigenvalue weighted by atomic mass is 9.99. The van der Waals surface area contributed by atoms with Crippen LogP contribution in [0.3, 0.4) is 0 Å². The maximum Gasteiger partial charge on any atom is 0.318 e. The Kier molecular flexibility index (Phi) is 13.6. The summed E-state index contributed by atoms with van der Waals surface area (Å²) in [4.78, 5) is 38.0. The van der Waals surface area contributed by atoms with Crippen LogP contribution in [0.15, 0.2) is 66.7 Å². The van der Waals surface area contributed by atoms with Crippen LogP contribution in [0.4, 0.5) is 19.3 Å². The molecule has 0 spiro atoms. The van der Waals surface area contributed by atoms with E-state index in [2.05, 4.69) is 26.6 Å². The summed E-state index contributed by atoms with van der Waals surface area (Å²) in [6, 6.07) is 16.5. The first-order valence-electron chi connectivity index (χ1n) is 14.7. The molecule has 0 saturated heterocycles. The Morgan fingerprint density at radius 1 is 0.957 bits per heavy atom. The summed E-state index contributed by atoms with van der Waals surface area (Å²) in [5.74, 6) is -2.67. The number of amides is 4. The summed E-state index contributed by atoms with van der Waals surface area (Å²) in [7, 11) is 1.52. The topological polar surface area (TPSA) is 161 Å². The molecule has 0 aliphatic carbocycles. The zero-order valence-electron chi connectivity index (χ0n) is 26.0. The standard InChI is InChI=1S/C33H41F2N5O6/c1-33(2,38-17-23(42)18-41)15-30(43)39-29(20-46-19-25-26(34)8-6-9-27(25)35)31(44)37-16-21-11-13-22(14-12-21)24-7-4-5-10-28(24)40-32(45)36-3/h4-14,23,29,38,41-42H,15-20H2,1-3H3,(H,37,44)(H,39,43)(H2,36,40,45)/t23-,29+/m0/s1. The van der Waals surface area contributed by atoms with Gasteiger partial charge in [-0.25, -0.2) is 13.6 Å². The van der Waals surface area contributed by atoms with E-state index in [4.69, 9.17) is 9.84 Å². The summed E-state index contributed by atoms with van der Waals surface area (Å²) >= 11 is 0. The molecule has 0 bridgehead atoms. The predicted octanol–water partition coefficient (Wildman–Crippen LogP) is 2.81. The van der Waals surface area contributed by atoms with Crippen LogP contribution in [0.5, 0.6) is 0 Å². The number of nitrogens with one attached hydrogen (secondary N) is 5. The first-order chi connectivity index (χ1) is 21.9. The van der Waals surface area contributed by atoms with Gasteiger partial charge in [-0.15, -0.1) is 0 Å². The number of ether oxygens (including phenoxy) is 1. The van der Waals surface area contributed by atoms with Crippen molar-refractivity contribution in [2.75, 3.05) is 32.1 Å². The molecule has 0 aliphatic heterocycles. The van der Waals surface area contributed by atoms with Crippen molar-refractivity contribution >= 4 is 23.5 Å². The lowest BCUT2D eigenvalue weighted by molar-refractivity contribution is -0.131. The minimum absolute atomic E-state index is 0.0486. The molecular weight excluding hydrogens is 600 g/mol. The molecule has 0 aromatic heterocycles. The molecule has 248 valence electrons. The van der Waals surface area contributed by atoms with Crippen LogP contribution < -0.4 is 26.6 Å². The van der Waals surface area contributed by atoms with Crippen molar-refractivity contribution in [3.05, 3.63) is 89.5 Å². The summed E-state index contributed by atoms with van der Waals surface area (Å²) in [5, 5.41) is 32.4. The zero-order chi connectivity index (χ0) is 33.7. The number of aliphatic hydroxyl groups is 2. The van der Waals surface area contributed by atoms with E-state index in [9.17, 15) is 28.3 Å². The first kappa shape index (κ1) is 36.0. The normalized spacial score (nSPS) is 12.6. The van der Waals surface area contributed by atoms with Gasteiger partial charge in [0.15, 0.2) is 0 Å². The fourth-order valence-electron chi connectivity index (χ4n) is 4.44. The van der Waals surface area contributed by atoms with Gasteiger partial charge in [-0.2, -0.15) is 0 Å². The second kappa shape index (κ2) is 17.3. The highest BCUT2D eigenvalue weighted by Crippen LogP contribution is 2.28. The van der Waals surface area contributed by atoms with Crippen LogP contribution in [-0.4, -0.2) is 72.5 Å². The van der Waals surface area contributed by atoms with Gasteiger partial charge in [0.2, 0.25) is 11.8 Å². The van der Waals surface area contributed by atoms with Crippen molar-refractivity contribution < 1.29 is 38.1 Å². The van der Waals surface area contributed by atoms with E-state index >= 15 is 0 Å². The van der Waals surface area contributed by atoms with Crippen LogP contribution >= 0.6 is 0 Å². The molecule has 2 atom stereocenters. The quantitative estimate of drug-likeness (QED) is 0.127. The minimum atomic E-state index is -1.19. The van der Waals surface area contributed by atoms with Crippen molar-refractivity contribution in [1.29, 1.82) is 0 Å². The number of β-amino-alcohol motifs (C(OH)–C–C–N with tert-alkyl or cyclic N) is 1. The Morgan fingerprint density at radius 2 is 1.63 bits per heavy atom. The van der Waals surface area contributed by atoms with E-state index < -0.39 is 54.3 Å². The van der Waals surface area contributed by atoms with Gasteiger partial charge in [-0.05, 0) is 43.2 Å². The number of benzene rings is 3. The molecule has 46 heavy (non-hydrogen) atoms.